The Labute approximate surface area is 131 Å². The molecule has 0 saturated carbocycles. The van der Waals surface area contributed by atoms with Crippen LogP contribution in [0.1, 0.15) is 19.2 Å². The summed E-state index contributed by atoms with van der Waals surface area (Å²) in [5.41, 5.74) is -0.647. The fourth-order valence-corrected chi connectivity index (χ4v) is 3.75. The van der Waals surface area contributed by atoms with Crippen LogP contribution in [0.25, 0.3) is 0 Å². The molecule has 0 saturated heterocycles. The zero-order valence-corrected chi connectivity index (χ0v) is 13.4. The van der Waals surface area contributed by atoms with E-state index in [1.807, 2.05) is 0 Å². The number of aromatic nitrogens is 3. The molecule has 0 radical (unpaired) electrons. The van der Waals surface area contributed by atoms with Crippen molar-refractivity contribution < 1.29 is 22.0 Å². The Morgan fingerprint density at radius 2 is 2.04 bits per heavy atom. The predicted octanol–water partition coefficient (Wildman–Crippen LogP) is -0.523. The third kappa shape index (κ3) is 4.15. The summed E-state index contributed by atoms with van der Waals surface area (Å²) >= 11 is 0. The molecule has 8 nitrogen and oxygen atoms in total. The zero-order chi connectivity index (χ0) is 17.2. The molecule has 1 aliphatic heterocycles. The van der Waals surface area contributed by atoms with E-state index >= 15 is 0 Å². The second kappa shape index (κ2) is 6.77. The molecule has 23 heavy (non-hydrogen) atoms. The topological polar surface area (TPSA) is 94.3 Å². The minimum atomic E-state index is -3.46. The molecule has 1 amide bonds. The van der Waals surface area contributed by atoms with E-state index in [0.29, 0.717) is 11.1 Å². The third-order valence-corrected chi connectivity index (χ3v) is 5.16. The van der Waals surface area contributed by atoms with E-state index in [1.54, 1.807) is 6.92 Å². The molecule has 1 aromatic heterocycles. The average molecular weight is 352 g/mol. The summed E-state index contributed by atoms with van der Waals surface area (Å²) in [5, 5.41) is 3.80. The summed E-state index contributed by atoms with van der Waals surface area (Å²) < 4.78 is 50.1. The predicted molar refractivity (Wildman–Crippen MR) is 76.9 cm³/mol. The highest BCUT2D eigenvalue weighted by atomic mass is 32.2. The third-order valence-electron chi connectivity index (χ3n) is 3.45. The van der Waals surface area contributed by atoms with E-state index in [1.165, 1.54) is 9.47 Å². The lowest BCUT2D eigenvalue weighted by atomic mass is 10.3. The Hall–Kier alpha value is -1.78. The SMILES string of the molecule is CCCS(=O)(=O)CC(=O)N1CCn2c(nn(CC(F)F)c2=O)C1. The van der Waals surface area contributed by atoms with Gasteiger partial charge in [-0.15, -0.1) is 0 Å². The van der Waals surface area contributed by atoms with Crippen molar-refractivity contribution in [2.45, 2.75) is 39.4 Å². The lowest BCUT2D eigenvalue weighted by Crippen LogP contribution is -2.43. The van der Waals surface area contributed by atoms with Gasteiger partial charge >= 0.3 is 5.69 Å². The summed E-state index contributed by atoms with van der Waals surface area (Å²) in [6.45, 7) is 1.09. The zero-order valence-electron chi connectivity index (χ0n) is 12.6. The number of fused-ring (bicyclic) bond motifs is 1. The number of alkyl halides is 2. The van der Waals surface area contributed by atoms with E-state index in [9.17, 15) is 26.8 Å². The lowest BCUT2D eigenvalue weighted by Gasteiger charge is -2.26. The Morgan fingerprint density at radius 3 is 2.65 bits per heavy atom. The highest BCUT2D eigenvalue weighted by molar-refractivity contribution is 7.92. The maximum Gasteiger partial charge on any atom is 0.346 e. The van der Waals surface area contributed by atoms with Gasteiger partial charge in [0.15, 0.2) is 15.7 Å². The second-order valence-electron chi connectivity index (χ2n) is 5.33. The fraction of sp³-hybridized carbons (Fsp3) is 0.750. The molecule has 0 atom stereocenters. The number of rotatable bonds is 6. The normalized spacial score (nSPS) is 15.0. The summed E-state index contributed by atoms with van der Waals surface area (Å²) in [6.07, 6.45) is -2.28. The first-order chi connectivity index (χ1) is 10.7. The van der Waals surface area contributed by atoms with Gasteiger partial charge in [-0.05, 0) is 6.42 Å². The molecule has 1 aliphatic rings. The number of amides is 1. The lowest BCUT2D eigenvalue weighted by molar-refractivity contribution is -0.129. The number of halogens is 2. The first kappa shape index (κ1) is 17.6. The van der Waals surface area contributed by atoms with Crippen molar-refractivity contribution in [3.8, 4) is 0 Å². The molecule has 0 unspecified atom stereocenters. The van der Waals surface area contributed by atoms with Gasteiger partial charge in [0.05, 0.1) is 12.3 Å². The highest BCUT2D eigenvalue weighted by Crippen LogP contribution is 2.10. The maximum absolute atomic E-state index is 12.4. The van der Waals surface area contributed by atoms with Crippen LogP contribution in [0.3, 0.4) is 0 Å². The van der Waals surface area contributed by atoms with Gasteiger partial charge in [0, 0.05) is 13.1 Å². The summed E-state index contributed by atoms with van der Waals surface area (Å²) in [5.74, 6) is -1.05. The van der Waals surface area contributed by atoms with Crippen LogP contribution >= 0.6 is 0 Å². The monoisotopic (exact) mass is 352 g/mol. The first-order valence-corrected chi connectivity index (χ1v) is 8.98. The maximum atomic E-state index is 12.4. The molecule has 0 fully saturated rings. The van der Waals surface area contributed by atoms with Gasteiger partial charge in [0.1, 0.15) is 12.3 Å². The van der Waals surface area contributed by atoms with Crippen LogP contribution in [0.2, 0.25) is 0 Å². The first-order valence-electron chi connectivity index (χ1n) is 7.16. The van der Waals surface area contributed by atoms with Crippen molar-refractivity contribution in [2.24, 2.45) is 0 Å². The number of sulfone groups is 1. The molecular formula is C12H18F2N4O4S. The van der Waals surface area contributed by atoms with Crippen LogP contribution in [0.4, 0.5) is 8.78 Å². The quantitative estimate of drug-likeness (QED) is 0.686. The molecule has 2 rings (SSSR count). The van der Waals surface area contributed by atoms with Crippen LogP contribution in [0, 0.1) is 0 Å². The van der Waals surface area contributed by atoms with E-state index in [2.05, 4.69) is 5.10 Å². The van der Waals surface area contributed by atoms with E-state index in [-0.39, 0.29) is 31.2 Å². The van der Waals surface area contributed by atoms with Crippen molar-refractivity contribution in [2.75, 3.05) is 18.1 Å². The van der Waals surface area contributed by atoms with Crippen LogP contribution in [-0.2, 0) is 34.3 Å². The Balaban J connectivity index is 2.11. The molecule has 0 spiro atoms. The van der Waals surface area contributed by atoms with Gasteiger partial charge in [-0.3, -0.25) is 9.36 Å². The fourth-order valence-electron chi connectivity index (χ4n) is 2.42. The van der Waals surface area contributed by atoms with Gasteiger partial charge in [-0.25, -0.2) is 26.7 Å². The second-order valence-corrected chi connectivity index (χ2v) is 7.52. The Morgan fingerprint density at radius 1 is 1.35 bits per heavy atom. The molecule has 0 bridgehead atoms. The van der Waals surface area contributed by atoms with E-state index < -0.39 is 40.2 Å². The molecule has 1 aromatic rings. The van der Waals surface area contributed by atoms with Crippen LogP contribution in [-0.4, -0.2) is 58.0 Å². The van der Waals surface area contributed by atoms with Crippen molar-refractivity contribution in [1.29, 1.82) is 0 Å². The van der Waals surface area contributed by atoms with E-state index in [0.717, 1.165) is 0 Å². The molecule has 130 valence electrons. The van der Waals surface area contributed by atoms with Crippen molar-refractivity contribution in [3.05, 3.63) is 16.3 Å². The summed E-state index contributed by atoms with van der Waals surface area (Å²) in [4.78, 5) is 25.2. The molecule has 11 heteroatoms. The summed E-state index contributed by atoms with van der Waals surface area (Å²) in [6, 6.07) is 0. The van der Waals surface area contributed by atoms with Crippen LogP contribution in [0.5, 0.6) is 0 Å². The Kier molecular flexibility index (Phi) is 5.17. The van der Waals surface area contributed by atoms with Gasteiger partial charge in [-0.1, -0.05) is 6.92 Å². The van der Waals surface area contributed by atoms with Crippen molar-refractivity contribution >= 4 is 15.7 Å². The highest BCUT2D eigenvalue weighted by Gasteiger charge is 2.28. The average Bonchev–Trinajstić information content (AvgIpc) is 2.73. The molecular weight excluding hydrogens is 334 g/mol. The van der Waals surface area contributed by atoms with Gasteiger partial charge < -0.3 is 4.90 Å². The molecule has 0 aromatic carbocycles. The van der Waals surface area contributed by atoms with Crippen molar-refractivity contribution in [1.82, 2.24) is 19.2 Å². The molecule has 0 N–H and O–H groups in total. The van der Waals surface area contributed by atoms with Gasteiger partial charge in [0.2, 0.25) is 5.91 Å². The molecule has 0 aliphatic carbocycles. The Bertz CT molecular complexity index is 741. The van der Waals surface area contributed by atoms with Crippen LogP contribution < -0.4 is 5.69 Å². The number of nitrogens with zero attached hydrogens (tertiary/aromatic N) is 4. The number of hydrogen-bond acceptors (Lipinski definition) is 5. The van der Waals surface area contributed by atoms with Gasteiger partial charge in [-0.2, -0.15) is 5.10 Å². The minimum absolute atomic E-state index is 0.0635. The number of hydrogen-bond donors (Lipinski definition) is 0. The largest absolute Gasteiger partial charge is 0.346 e. The smallest absolute Gasteiger partial charge is 0.332 e. The standard InChI is InChI=1S/C12H18F2N4O4S/c1-2-5-23(21,22)8-11(19)16-3-4-17-10(7-16)15-18(12(17)20)6-9(13)14/h9H,2-8H2,1H3. The minimum Gasteiger partial charge on any atom is -0.332 e. The summed E-state index contributed by atoms with van der Waals surface area (Å²) in [7, 11) is -3.46. The van der Waals surface area contributed by atoms with Crippen LogP contribution in [0.15, 0.2) is 4.79 Å². The van der Waals surface area contributed by atoms with Crippen molar-refractivity contribution in [3.63, 3.8) is 0 Å². The van der Waals surface area contributed by atoms with Gasteiger partial charge in [0.25, 0.3) is 6.43 Å². The van der Waals surface area contributed by atoms with E-state index in [4.69, 9.17) is 0 Å². The molecule has 2 heterocycles. The number of carbonyl (C=O) groups is 1. The number of carbonyl (C=O) groups excluding carboxylic acids is 1.